The molecule has 7 nitrogen and oxygen atoms in total. The molecule has 0 aromatic heterocycles. The molecule has 0 radical (unpaired) electrons. The maximum absolute atomic E-state index is 14.9. The first-order chi connectivity index (χ1) is 22.1. The Kier molecular flexibility index (Phi) is 8.92. The van der Waals surface area contributed by atoms with Crippen LogP contribution >= 0.6 is 0 Å². The number of unbranched alkanes of at least 4 members (excludes halogenated alkanes) is 1. The second kappa shape index (κ2) is 12.9. The van der Waals surface area contributed by atoms with Crippen LogP contribution in [0.1, 0.15) is 90.4 Å². The molecule has 242 valence electrons. The summed E-state index contributed by atoms with van der Waals surface area (Å²) in [5.74, 6) is -1.99. The van der Waals surface area contributed by atoms with Crippen molar-refractivity contribution in [2.45, 2.75) is 76.6 Å². The number of hydrogen-bond donors (Lipinski definition) is 2. The van der Waals surface area contributed by atoms with E-state index < -0.39 is 24.5 Å². The van der Waals surface area contributed by atoms with Crippen LogP contribution in [-0.2, 0) is 16.0 Å². The number of para-hydroxylation sites is 1. The molecule has 0 bridgehead atoms. The number of alkyl halides is 3. The van der Waals surface area contributed by atoms with Crippen molar-refractivity contribution in [3.63, 3.8) is 0 Å². The molecule has 2 fully saturated rings. The second-order valence-corrected chi connectivity index (χ2v) is 12.4. The lowest BCUT2D eigenvalue weighted by Gasteiger charge is -2.38. The molecule has 10 heteroatoms. The van der Waals surface area contributed by atoms with Gasteiger partial charge >= 0.3 is 6.18 Å². The van der Waals surface area contributed by atoms with Crippen LogP contribution in [0.2, 0.25) is 0 Å². The fraction of sp³-hybridized carbons (Fsp3) is 0.417. The smallest absolute Gasteiger partial charge is 0.355 e. The highest BCUT2D eigenvalue weighted by Gasteiger charge is 2.41. The number of benzene rings is 3. The van der Waals surface area contributed by atoms with E-state index in [4.69, 9.17) is 5.73 Å². The summed E-state index contributed by atoms with van der Waals surface area (Å²) in [7, 11) is 0. The zero-order valence-corrected chi connectivity index (χ0v) is 26.0. The van der Waals surface area contributed by atoms with Crippen molar-refractivity contribution in [2.24, 2.45) is 5.73 Å². The molecule has 2 atom stereocenters. The number of nitrogens with one attached hydrogen (secondary N) is 1. The third-order valence-corrected chi connectivity index (χ3v) is 9.40. The average Bonchev–Trinajstić information content (AvgIpc) is 3.62. The number of carbonyl (C=O) groups is 3. The molecule has 0 saturated carbocycles. The maximum atomic E-state index is 14.9. The van der Waals surface area contributed by atoms with Crippen LogP contribution in [0.15, 0.2) is 54.6 Å². The number of anilines is 2. The SMILES string of the molecule is CCCCc1c2c(cc(C(=O)c3ccccc3N3CCCC3=O)c1N1CCCCC1N)-c1ccccc1C2C(=O)NCC(F)(F)F. The summed E-state index contributed by atoms with van der Waals surface area (Å²) in [4.78, 5) is 45.1. The number of amides is 2. The Balaban J connectivity index is 1.60. The van der Waals surface area contributed by atoms with Gasteiger partial charge in [-0.15, -0.1) is 0 Å². The van der Waals surface area contributed by atoms with E-state index in [2.05, 4.69) is 10.2 Å². The quantitative estimate of drug-likeness (QED) is 0.264. The summed E-state index contributed by atoms with van der Waals surface area (Å²) < 4.78 is 39.8. The van der Waals surface area contributed by atoms with Crippen molar-refractivity contribution in [1.29, 1.82) is 0 Å². The zero-order chi connectivity index (χ0) is 32.6. The molecule has 3 aromatic rings. The highest BCUT2D eigenvalue weighted by Crippen LogP contribution is 2.51. The molecule has 2 amide bonds. The van der Waals surface area contributed by atoms with Crippen molar-refractivity contribution in [3.05, 3.63) is 82.4 Å². The molecule has 1 aliphatic carbocycles. The van der Waals surface area contributed by atoms with Gasteiger partial charge in [-0.1, -0.05) is 49.7 Å². The molecular formula is C36H39F3N4O3. The van der Waals surface area contributed by atoms with Gasteiger partial charge in [0.2, 0.25) is 11.8 Å². The van der Waals surface area contributed by atoms with Crippen molar-refractivity contribution in [3.8, 4) is 11.1 Å². The number of fused-ring (bicyclic) bond motifs is 3. The molecule has 0 spiro atoms. The molecule has 6 rings (SSSR count). The predicted octanol–water partition coefficient (Wildman–Crippen LogP) is 6.45. The van der Waals surface area contributed by atoms with Gasteiger partial charge in [-0.25, -0.2) is 0 Å². The lowest BCUT2D eigenvalue weighted by Crippen LogP contribution is -2.47. The first-order valence-electron chi connectivity index (χ1n) is 16.2. The monoisotopic (exact) mass is 632 g/mol. The topological polar surface area (TPSA) is 95.7 Å². The highest BCUT2D eigenvalue weighted by molar-refractivity contribution is 6.18. The van der Waals surface area contributed by atoms with Crippen molar-refractivity contribution in [1.82, 2.24) is 5.32 Å². The van der Waals surface area contributed by atoms with Crippen LogP contribution in [0.25, 0.3) is 11.1 Å². The number of carbonyl (C=O) groups excluding carboxylic acids is 3. The van der Waals surface area contributed by atoms with Gasteiger partial charge in [-0.05, 0) is 84.5 Å². The fourth-order valence-corrected chi connectivity index (χ4v) is 7.30. The Bertz CT molecular complexity index is 1670. The minimum Gasteiger partial charge on any atom is -0.355 e. The zero-order valence-electron chi connectivity index (χ0n) is 26.0. The predicted molar refractivity (Wildman–Crippen MR) is 172 cm³/mol. The summed E-state index contributed by atoms with van der Waals surface area (Å²) >= 11 is 0. The van der Waals surface area contributed by atoms with E-state index in [0.29, 0.717) is 83.5 Å². The summed E-state index contributed by atoms with van der Waals surface area (Å²) in [6.45, 7) is 1.74. The average molecular weight is 633 g/mol. The molecular weight excluding hydrogens is 593 g/mol. The molecule has 3 aliphatic rings. The summed E-state index contributed by atoms with van der Waals surface area (Å²) in [5, 5.41) is 2.14. The van der Waals surface area contributed by atoms with Gasteiger partial charge in [-0.2, -0.15) is 13.2 Å². The van der Waals surface area contributed by atoms with Crippen LogP contribution in [-0.4, -0.2) is 49.6 Å². The van der Waals surface area contributed by atoms with Gasteiger partial charge < -0.3 is 20.9 Å². The van der Waals surface area contributed by atoms with Gasteiger partial charge in [-0.3, -0.25) is 14.4 Å². The van der Waals surface area contributed by atoms with E-state index in [1.165, 1.54) is 0 Å². The highest BCUT2D eigenvalue weighted by atomic mass is 19.4. The summed E-state index contributed by atoms with van der Waals surface area (Å²) in [6, 6.07) is 16.2. The Morgan fingerprint density at radius 3 is 2.46 bits per heavy atom. The minimum absolute atomic E-state index is 0.0299. The Morgan fingerprint density at radius 1 is 0.978 bits per heavy atom. The summed E-state index contributed by atoms with van der Waals surface area (Å²) in [6.07, 6.45) is 0.791. The molecule has 3 N–H and O–H groups in total. The van der Waals surface area contributed by atoms with Gasteiger partial charge in [0.25, 0.3) is 0 Å². The first-order valence-corrected chi connectivity index (χ1v) is 16.2. The fourth-order valence-electron chi connectivity index (χ4n) is 7.30. The van der Waals surface area contributed by atoms with E-state index in [-0.39, 0.29) is 17.9 Å². The number of nitrogens with two attached hydrogens (primary N) is 1. The number of hydrogen-bond acceptors (Lipinski definition) is 5. The number of ketones is 1. The number of nitrogens with zero attached hydrogens (tertiary/aromatic N) is 2. The maximum Gasteiger partial charge on any atom is 0.405 e. The van der Waals surface area contributed by atoms with E-state index in [9.17, 15) is 27.6 Å². The Hall–Kier alpha value is -4.18. The van der Waals surface area contributed by atoms with E-state index in [1.54, 1.807) is 35.2 Å². The van der Waals surface area contributed by atoms with Crippen LogP contribution in [0, 0.1) is 0 Å². The van der Waals surface area contributed by atoms with Crippen molar-refractivity contribution in [2.75, 3.05) is 29.4 Å². The molecule has 46 heavy (non-hydrogen) atoms. The lowest BCUT2D eigenvalue weighted by molar-refractivity contribution is -0.138. The van der Waals surface area contributed by atoms with E-state index in [0.717, 1.165) is 31.2 Å². The van der Waals surface area contributed by atoms with Crippen LogP contribution < -0.4 is 20.9 Å². The number of piperidine rings is 1. The normalized spacial score (nSPS) is 19.3. The van der Waals surface area contributed by atoms with E-state index in [1.807, 2.05) is 31.2 Å². The molecule has 2 saturated heterocycles. The second-order valence-electron chi connectivity index (χ2n) is 12.4. The van der Waals surface area contributed by atoms with Gasteiger partial charge in [0.05, 0.1) is 23.5 Å². The summed E-state index contributed by atoms with van der Waals surface area (Å²) in [5.41, 5.74) is 12.2. The molecule has 2 aliphatic heterocycles. The van der Waals surface area contributed by atoms with Crippen LogP contribution in [0.5, 0.6) is 0 Å². The molecule has 2 heterocycles. The lowest BCUT2D eigenvalue weighted by atomic mass is 9.84. The number of halogens is 3. The van der Waals surface area contributed by atoms with Crippen molar-refractivity contribution < 1.29 is 27.6 Å². The van der Waals surface area contributed by atoms with Gasteiger partial charge in [0.15, 0.2) is 5.78 Å². The third kappa shape index (κ3) is 5.90. The third-order valence-electron chi connectivity index (χ3n) is 9.40. The van der Waals surface area contributed by atoms with Gasteiger partial charge in [0, 0.05) is 30.6 Å². The number of rotatable bonds is 9. The largest absolute Gasteiger partial charge is 0.405 e. The molecule has 3 aromatic carbocycles. The first kappa shape index (κ1) is 31.8. The van der Waals surface area contributed by atoms with Crippen LogP contribution in [0.4, 0.5) is 24.5 Å². The van der Waals surface area contributed by atoms with Crippen LogP contribution in [0.3, 0.4) is 0 Å². The van der Waals surface area contributed by atoms with Gasteiger partial charge in [0.1, 0.15) is 6.54 Å². The Labute approximate surface area is 266 Å². The van der Waals surface area contributed by atoms with Crippen molar-refractivity contribution >= 4 is 29.0 Å². The minimum atomic E-state index is -4.56. The standard InChI is InChI=1S/C36H39F3N4O3/c1-2-3-11-25-31-26(22-12-4-5-13-23(22)32(31)35(46)41-21-36(37,38)39)20-27(33(25)43-18-9-8-16-29(43)40)34(45)24-14-6-7-15-28(24)42-19-10-17-30(42)44/h4-7,12-15,20,29,32H,2-3,8-11,16-19,21,40H2,1H3,(H,41,46). The van der Waals surface area contributed by atoms with E-state index >= 15 is 0 Å². The molecule has 2 unspecified atom stereocenters. The Morgan fingerprint density at radius 2 is 1.74 bits per heavy atom.